The van der Waals surface area contributed by atoms with Gasteiger partial charge in [-0.1, -0.05) is 25.1 Å². The van der Waals surface area contributed by atoms with Crippen molar-refractivity contribution >= 4 is 44.7 Å². The molecule has 27 heavy (non-hydrogen) atoms. The van der Waals surface area contributed by atoms with E-state index >= 15 is 0 Å². The van der Waals surface area contributed by atoms with Gasteiger partial charge < -0.3 is 13.6 Å². The molecule has 0 fully saturated rings. The first-order valence-electron chi connectivity index (χ1n) is 8.07. The molecule has 1 heterocycles. The van der Waals surface area contributed by atoms with Gasteiger partial charge in [-0.05, 0) is 30.7 Å². The Morgan fingerprint density at radius 3 is 2.74 bits per heavy atom. The molecule has 0 radical (unpaired) electrons. The molecule has 142 valence electrons. The predicted octanol–water partition coefficient (Wildman–Crippen LogP) is 3.65. The second-order valence-corrected chi connectivity index (χ2v) is 7.75. The highest BCUT2D eigenvalue weighted by Crippen LogP contribution is 2.36. The van der Waals surface area contributed by atoms with Crippen LogP contribution in [0.25, 0.3) is 0 Å². The molecular formula is C17H17N3O5S2. The van der Waals surface area contributed by atoms with Gasteiger partial charge in [-0.15, -0.1) is 0 Å². The van der Waals surface area contributed by atoms with Gasteiger partial charge in [0.15, 0.2) is 5.17 Å². The maximum Gasteiger partial charge on any atom is 0.413 e. The smallest absolute Gasteiger partial charge is 0.413 e. The molecule has 0 aliphatic carbocycles. The van der Waals surface area contributed by atoms with Crippen LogP contribution in [-0.2, 0) is 14.9 Å². The number of nitrogens with one attached hydrogen (secondary N) is 2. The molecule has 3 rings (SSSR count). The van der Waals surface area contributed by atoms with E-state index < -0.39 is 16.2 Å². The van der Waals surface area contributed by atoms with E-state index in [-0.39, 0.29) is 10.6 Å². The highest BCUT2D eigenvalue weighted by Gasteiger charge is 2.19. The third-order valence-electron chi connectivity index (χ3n) is 3.33. The second kappa shape index (κ2) is 8.31. The molecule has 0 saturated heterocycles. The van der Waals surface area contributed by atoms with Crippen LogP contribution in [0, 0.1) is 0 Å². The first-order valence-corrected chi connectivity index (χ1v) is 10.3. The molecule has 1 aliphatic heterocycles. The number of amidine groups is 1. The Morgan fingerprint density at radius 2 is 2.00 bits per heavy atom. The van der Waals surface area contributed by atoms with Crippen molar-refractivity contribution in [2.24, 2.45) is 4.99 Å². The van der Waals surface area contributed by atoms with Crippen LogP contribution in [-0.4, -0.2) is 26.3 Å². The summed E-state index contributed by atoms with van der Waals surface area (Å²) in [6.45, 7) is 2.22. The van der Waals surface area contributed by atoms with Crippen LogP contribution in [0.3, 0.4) is 0 Å². The van der Waals surface area contributed by atoms with Crippen LogP contribution < -0.4 is 14.2 Å². The van der Waals surface area contributed by atoms with Crippen LogP contribution in [0.15, 0.2) is 58.4 Å². The fourth-order valence-corrected chi connectivity index (χ4v) is 3.71. The summed E-state index contributed by atoms with van der Waals surface area (Å²) in [5, 5.41) is 2.86. The van der Waals surface area contributed by atoms with Gasteiger partial charge in [-0.25, -0.2) is 9.79 Å². The topological polar surface area (TPSA) is 106 Å². The summed E-state index contributed by atoms with van der Waals surface area (Å²) < 4.78 is 37.7. The molecule has 0 aromatic heterocycles. The number of hydrogen-bond donors (Lipinski definition) is 2. The van der Waals surface area contributed by atoms with E-state index in [1.807, 2.05) is 6.92 Å². The van der Waals surface area contributed by atoms with Crippen LogP contribution >= 0.6 is 11.9 Å². The molecule has 0 unspecified atom stereocenters. The molecular weight excluding hydrogens is 390 g/mol. The quantitative estimate of drug-likeness (QED) is 0.575. The summed E-state index contributed by atoms with van der Waals surface area (Å²) in [4.78, 5) is 15.9. The van der Waals surface area contributed by atoms with Crippen molar-refractivity contribution in [3.8, 4) is 5.75 Å². The largest absolute Gasteiger partial charge is 0.449 e. The Hall–Kier alpha value is -2.72. The second-order valence-electron chi connectivity index (χ2n) is 5.41. The lowest BCUT2D eigenvalue weighted by molar-refractivity contribution is 0.152. The number of rotatable bonds is 5. The van der Waals surface area contributed by atoms with Crippen LogP contribution in [0.4, 0.5) is 16.2 Å². The third-order valence-corrected chi connectivity index (χ3v) is 5.30. The van der Waals surface area contributed by atoms with E-state index in [1.54, 1.807) is 24.3 Å². The summed E-state index contributed by atoms with van der Waals surface area (Å²) in [7, 11) is -3.92. The molecule has 2 N–H and O–H groups in total. The average molecular weight is 407 g/mol. The van der Waals surface area contributed by atoms with Gasteiger partial charge in [0, 0.05) is 18.0 Å². The molecule has 1 amide bonds. The van der Waals surface area contributed by atoms with Crippen molar-refractivity contribution in [3.05, 3.63) is 48.5 Å². The van der Waals surface area contributed by atoms with Gasteiger partial charge in [0.1, 0.15) is 10.6 Å². The average Bonchev–Trinajstić information content (AvgIpc) is 2.67. The normalized spacial score (nSPS) is 13.0. The summed E-state index contributed by atoms with van der Waals surface area (Å²) in [6.07, 6.45) is 0.144. The minimum Gasteiger partial charge on any atom is -0.449 e. The van der Waals surface area contributed by atoms with Crippen LogP contribution in [0.1, 0.15) is 13.3 Å². The number of benzene rings is 2. The number of ether oxygens (including phenoxy) is 1. The van der Waals surface area contributed by atoms with Crippen molar-refractivity contribution in [2.75, 3.05) is 11.3 Å². The van der Waals surface area contributed by atoms with Gasteiger partial charge in [0.2, 0.25) is 0 Å². The number of alkyl carbamates (subject to hydrolysis) is 1. The predicted molar refractivity (Wildman–Crippen MR) is 104 cm³/mol. The van der Waals surface area contributed by atoms with E-state index in [0.717, 1.165) is 18.4 Å². The molecule has 0 saturated carbocycles. The highest BCUT2D eigenvalue weighted by atomic mass is 32.2. The molecule has 0 bridgehead atoms. The summed E-state index contributed by atoms with van der Waals surface area (Å²) in [5.41, 5.74) is 1.09. The SMILES string of the molecule is CCCOC(=O)NC1=Nc2ccc(OS(=O)(=O)c3ccccc3)cc2NS1. The number of aliphatic imine (C=N–C) groups is 1. The summed E-state index contributed by atoms with van der Waals surface area (Å²) in [6, 6.07) is 12.5. The van der Waals surface area contributed by atoms with Crippen molar-refractivity contribution < 1.29 is 22.1 Å². The monoisotopic (exact) mass is 407 g/mol. The number of fused-ring (bicyclic) bond motifs is 1. The van der Waals surface area contributed by atoms with Gasteiger partial charge in [0.25, 0.3) is 0 Å². The fraction of sp³-hybridized carbons (Fsp3) is 0.176. The zero-order valence-corrected chi connectivity index (χ0v) is 16.0. The lowest BCUT2D eigenvalue weighted by atomic mass is 10.2. The van der Waals surface area contributed by atoms with Gasteiger partial charge in [-0.2, -0.15) is 8.42 Å². The number of anilines is 1. The molecule has 2 aromatic rings. The lowest BCUT2D eigenvalue weighted by Gasteiger charge is -2.17. The van der Waals surface area contributed by atoms with E-state index in [2.05, 4.69) is 15.0 Å². The standard InChI is InChI=1S/C17H17N3O5S2/c1-2-10-24-17(21)19-16-18-14-9-8-12(11-15(14)20-26-16)25-27(22,23)13-6-4-3-5-7-13/h3-9,11,20H,2,10H2,1H3,(H,18,19,21). The van der Waals surface area contributed by atoms with E-state index in [0.29, 0.717) is 23.1 Å². The summed E-state index contributed by atoms with van der Waals surface area (Å²) in [5.74, 6) is 0.152. The van der Waals surface area contributed by atoms with E-state index in [1.165, 1.54) is 24.3 Å². The Balaban J connectivity index is 1.72. The highest BCUT2D eigenvalue weighted by molar-refractivity contribution is 8.15. The van der Waals surface area contributed by atoms with Gasteiger partial charge >= 0.3 is 16.2 Å². The first-order chi connectivity index (χ1) is 13.0. The van der Waals surface area contributed by atoms with Crippen molar-refractivity contribution in [1.82, 2.24) is 5.32 Å². The minimum absolute atomic E-state index is 0.0696. The maximum atomic E-state index is 12.3. The fourth-order valence-electron chi connectivity index (χ4n) is 2.12. The molecule has 8 nitrogen and oxygen atoms in total. The third kappa shape index (κ3) is 4.92. The van der Waals surface area contributed by atoms with Gasteiger partial charge in [-0.3, -0.25) is 5.32 Å². The maximum absolute atomic E-state index is 12.3. The Morgan fingerprint density at radius 1 is 1.22 bits per heavy atom. The zero-order valence-electron chi connectivity index (χ0n) is 14.3. The Labute approximate surface area is 161 Å². The minimum atomic E-state index is -3.92. The van der Waals surface area contributed by atoms with Crippen molar-refractivity contribution in [3.63, 3.8) is 0 Å². The Kier molecular flexibility index (Phi) is 5.87. The van der Waals surface area contributed by atoms with Crippen molar-refractivity contribution in [1.29, 1.82) is 0 Å². The van der Waals surface area contributed by atoms with Crippen LogP contribution in [0.5, 0.6) is 5.75 Å². The molecule has 2 aromatic carbocycles. The summed E-state index contributed by atoms with van der Waals surface area (Å²) >= 11 is 1.07. The molecule has 0 atom stereocenters. The number of nitrogens with zero attached hydrogens (tertiary/aromatic N) is 1. The van der Waals surface area contributed by atoms with Crippen molar-refractivity contribution in [2.45, 2.75) is 18.2 Å². The van der Waals surface area contributed by atoms with Gasteiger partial charge in [0.05, 0.1) is 18.0 Å². The van der Waals surface area contributed by atoms with Crippen LogP contribution in [0.2, 0.25) is 0 Å². The number of hydrogen-bond acceptors (Lipinski definition) is 8. The van der Waals surface area contributed by atoms with E-state index in [9.17, 15) is 13.2 Å². The lowest BCUT2D eigenvalue weighted by Crippen LogP contribution is -2.30. The Bertz CT molecular complexity index is 962. The first kappa shape index (κ1) is 19.1. The molecule has 1 aliphatic rings. The molecule has 10 heteroatoms. The number of carbonyl (C=O) groups excluding carboxylic acids is 1. The number of amides is 1. The zero-order chi connectivity index (χ0) is 19.3. The van der Waals surface area contributed by atoms with E-state index in [4.69, 9.17) is 8.92 Å². The number of carbonyl (C=O) groups is 1. The molecule has 0 spiro atoms.